The minimum absolute atomic E-state index is 0.175. The Balaban J connectivity index is 2.56. The van der Waals surface area contributed by atoms with Gasteiger partial charge in [0.05, 0.1) is 5.75 Å². The molecule has 0 aromatic heterocycles. The molecule has 21 heavy (non-hydrogen) atoms. The zero-order valence-electron chi connectivity index (χ0n) is 12.4. The van der Waals surface area contributed by atoms with Gasteiger partial charge in [0.25, 0.3) is 0 Å². The summed E-state index contributed by atoms with van der Waals surface area (Å²) in [4.78, 5) is 13.4. The second-order valence-corrected chi connectivity index (χ2v) is 8.30. The highest BCUT2D eigenvalue weighted by Crippen LogP contribution is 2.20. The van der Waals surface area contributed by atoms with Crippen LogP contribution in [0.2, 0.25) is 0 Å². The average Bonchev–Trinajstić information content (AvgIpc) is 2.42. The number of hydrogen-bond acceptors (Lipinski definition) is 4. The number of amides is 1. The average molecular weight is 334 g/mol. The van der Waals surface area contributed by atoms with Crippen LogP contribution in [-0.2, 0) is 20.4 Å². The Morgan fingerprint density at radius 2 is 1.86 bits per heavy atom. The van der Waals surface area contributed by atoms with Crippen molar-refractivity contribution in [3.05, 3.63) is 35.9 Å². The molecule has 0 saturated heterocycles. The Labute approximate surface area is 130 Å². The van der Waals surface area contributed by atoms with Gasteiger partial charge in [0.1, 0.15) is 6.61 Å². The fourth-order valence-electron chi connectivity index (χ4n) is 1.60. The number of halogens is 1. The number of nitrogens with zero attached hydrogens (tertiary/aromatic N) is 1. The molecule has 0 aliphatic rings. The molecule has 0 aliphatic heterocycles. The van der Waals surface area contributed by atoms with Crippen molar-refractivity contribution in [2.45, 2.75) is 32.4 Å². The second-order valence-electron chi connectivity index (χ2n) is 5.40. The maximum Gasteiger partial charge on any atom is 0.410 e. The second kappa shape index (κ2) is 7.13. The van der Waals surface area contributed by atoms with E-state index in [1.807, 2.05) is 30.3 Å². The van der Waals surface area contributed by atoms with Crippen LogP contribution in [0.15, 0.2) is 30.3 Å². The van der Waals surface area contributed by atoms with Crippen molar-refractivity contribution in [1.29, 1.82) is 0 Å². The standard InChI is InChI=1S/C14H20ClNO4S/c1-14(2,9-10-21(15,18)19)16(3)13(17)20-11-12-7-5-4-6-8-12/h4-8H,9-11H2,1-3H3. The number of benzene rings is 1. The van der Waals surface area contributed by atoms with Crippen molar-refractivity contribution in [1.82, 2.24) is 4.90 Å². The lowest BCUT2D eigenvalue weighted by molar-refractivity contribution is 0.0696. The molecule has 1 rings (SSSR count). The van der Waals surface area contributed by atoms with Crippen molar-refractivity contribution in [2.24, 2.45) is 0 Å². The van der Waals surface area contributed by atoms with E-state index in [9.17, 15) is 13.2 Å². The monoisotopic (exact) mass is 333 g/mol. The Morgan fingerprint density at radius 3 is 2.38 bits per heavy atom. The van der Waals surface area contributed by atoms with Gasteiger partial charge in [-0.05, 0) is 25.8 Å². The first-order valence-electron chi connectivity index (χ1n) is 6.49. The zero-order chi connectivity index (χ0) is 16.1. The van der Waals surface area contributed by atoms with Crippen LogP contribution in [0.25, 0.3) is 0 Å². The van der Waals surface area contributed by atoms with E-state index in [1.54, 1.807) is 20.9 Å². The van der Waals surface area contributed by atoms with Crippen LogP contribution >= 0.6 is 10.7 Å². The molecule has 0 fully saturated rings. The van der Waals surface area contributed by atoms with E-state index >= 15 is 0 Å². The van der Waals surface area contributed by atoms with Crippen molar-refractivity contribution in [2.75, 3.05) is 12.8 Å². The lowest BCUT2D eigenvalue weighted by Crippen LogP contribution is -2.46. The molecule has 0 saturated carbocycles. The highest BCUT2D eigenvalue weighted by Gasteiger charge is 2.30. The highest BCUT2D eigenvalue weighted by atomic mass is 35.7. The maximum absolute atomic E-state index is 12.0. The topological polar surface area (TPSA) is 63.7 Å². The summed E-state index contributed by atoms with van der Waals surface area (Å²) in [7, 11) is 3.20. The molecule has 1 amide bonds. The molecule has 0 N–H and O–H groups in total. The molecule has 0 radical (unpaired) electrons. The predicted molar refractivity (Wildman–Crippen MR) is 82.7 cm³/mol. The van der Waals surface area contributed by atoms with Gasteiger partial charge < -0.3 is 9.64 Å². The Kier molecular flexibility index (Phi) is 6.04. The van der Waals surface area contributed by atoms with E-state index in [-0.39, 0.29) is 18.8 Å². The summed E-state index contributed by atoms with van der Waals surface area (Å²) >= 11 is 0. The minimum atomic E-state index is -3.58. The van der Waals surface area contributed by atoms with Gasteiger partial charge >= 0.3 is 6.09 Å². The quantitative estimate of drug-likeness (QED) is 0.751. The molecule has 7 heteroatoms. The minimum Gasteiger partial charge on any atom is -0.445 e. The summed E-state index contributed by atoms with van der Waals surface area (Å²) in [6.45, 7) is 3.70. The fourth-order valence-corrected chi connectivity index (χ4v) is 2.58. The summed E-state index contributed by atoms with van der Waals surface area (Å²) in [5.41, 5.74) is 0.218. The summed E-state index contributed by atoms with van der Waals surface area (Å²) in [6.07, 6.45) is -0.272. The number of rotatable bonds is 6. The van der Waals surface area contributed by atoms with Gasteiger partial charge in [-0.2, -0.15) is 0 Å². The van der Waals surface area contributed by atoms with Crippen molar-refractivity contribution in [3.8, 4) is 0 Å². The lowest BCUT2D eigenvalue weighted by Gasteiger charge is -2.34. The van der Waals surface area contributed by atoms with Gasteiger partial charge in [0.15, 0.2) is 0 Å². The molecule has 0 spiro atoms. The van der Waals surface area contributed by atoms with Gasteiger partial charge in [-0.1, -0.05) is 30.3 Å². The third kappa shape index (κ3) is 6.35. The zero-order valence-corrected chi connectivity index (χ0v) is 13.9. The first-order valence-corrected chi connectivity index (χ1v) is 8.96. The van der Waals surface area contributed by atoms with E-state index in [4.69, 9.17) is 15.4 Å². The van der Waals surface area contributed by atoms with Crippen LogP contribution in [0.3, 0.4) is 0 Å². The van der Waals surface area contributed by atoms with E-state index in [0.717, 1.165) is 5.56 Å². The number of carbonyl (C=O) groups excluding carboxylic acids is 1. The molecular formula is C14H20ClNO4S. The summed E-state index contributed by atoms with van der Waals surface area (Å²) in [6, 6.07) is 9.33. The molecular weight excluding hydrogens is 314 g/mol. The van der Waals surface area contributed by atoms with Gasteiger partial charge in [0, 0.05) is 23.3 Å². The molecule has 0 atom stereocenters. The van der Waals surface area contributed by atoms with Gasteiger partial charge in [0.2, 0.25) is 9.05 Å². The van der Waals surface area contributed by atoms with E-state index < -0.39 is 20.7 Å². The number of carbonyl (C=O) groups is 1. The third-order valence-electron chi connectivity index (χ3n) is 3.34. The predicted octanol–water partition coefficient (Wildman–Crippen LogP) is 2.99. The first kappa shape index (κ1) is 17.8. The molecule has 5 nitrogen and oxygen atoms in total. The normalized spacial score (nSPS) is 12.0. The Hall–Kier alpha value is -1.27. The number of hydrogen-bond donors (Lipinski definition) is 0. The Morgan fingerprint density at radius 1 is 1.29 bits per heavy atom. The maximum atomic E-state index is 12.0. The molecule has 0 bridgehead atoms. The van der Waals surface area contributed by atoms with Crippen LogP contribution in [0.4, 0.5) is 4.79 Å². The smallest absolute Gasteiger partial charge is 0.410 e. The molecule has 118 valence electrons. The molecule has 1 aromatic rings. The molecule has 0 aliphatic carbocycles. The third-order valence-corrected chi connectivity index (χ3v) is 4.50. The highest BCUT2D eigenvalue weighted by molar-refractivity contribution is 8.13. The SMILES string of the molecule is CN(C(=O)OCc1ccccc1)C(C)(C)CCS(=O)(=O)Cl. The fraction of sp³-hybridized carbons (Fsp3) is 0.500. The summed E-state index contributed by atoms with van der Waals surface area (Å²) in [5, 5.41) is 0. The van der Waals surface area contributed by atoms with Crippen LogP contribution in [0.5, 0.6) is 0 Å². The van der Waals surface area contributed by atoms with Gasteiger partial charge in [-0.15, -0.1) is 0 Å². The van der Waals surface area contributed by atoms with Crippen molar-refractivity contribution in [3.63, 3.8) is 0 Å². The van der Waals surface area contributed by atoms with Gasteiger partial charge in [-0.3, -0.25) is 0 Å². The van der Waals surface area contributed by atoms with E-state index in [2.05, 4.69) is 0 Å². The summed E-state index contributed by atoms with van der Waals surface area (Å²) < 4.78 is 27.2. The van der Waals surface area contributed by atoms with E-state index in [0.29, 0.717) is 0 Å². The van der Waals surface area contributed by atoms with Crippen molar-refractivity contribution < 1.29 is 17.9 Å². The molecule has 0 heterocycles. The Bertz CT molecular complexity index is 572. The van der Waals surface area contributed by atoms with Crippen LogP contribution in [-0.4, -0.2) is 37.8 Å². The van der Waals surface area contributed by atoms with Crippen LogP contribution in [0, 0.1) is 0 Å². The lowest BCUT2D eigenvalue weighted by atomic mass is 10.0. The molecule has 1 aromatic carbocycles. The largest absolute Gasteiger partial charge is 0.445 e. The first-order chi connectivity index (χ1) is 9.62. The van der Waals surface area contributed by atoms with Gasteiger partial charge in [-0.25, -0.2) is 13.2 Å². The van der Waals surface area contributed by atoms with Crippen molar-refractivity contribution >= 4 is 25.8 Å². The molecule has 0 unspecified atom stereocenters. The number of ether oxygens (including phenoxy) is 1. The van der Waals surface area contributed by atoms with Crippen LogP contribution < -0.4 is 0 Å². The van der Waals surface area contributed by atoms with E-state index in [1.165, 1.54) is 4.90 Å². The van der Waals surface area contributed by atoms with Crippen LogP contribution in [0.1, 0.15) is 25.8 Å². The summed E-state index contributed by atoms with van der Waals surface area (Å²) in [5.74, 6) is -0.197.